The molecule has 1 aliphatic carbocycles. The smallest absolute Gasteiger partial charge is 0.328 e. The van der Waals surface area contributed by atoms with Crippen molar-refractivity contribution in [2.45, 2.75) is 19.4 Å². The van der Waals surface area contributed by atoms with Crippen molar-refractivity contribution in [2.75, 3.05) is 19.0 Å². The van der Waals surface area contributed by atoms with E-state index in [9.17, 15) is 14.4 Å². The summed E-state index contributed by atoms with van der Waals surface area (Å²) < 4.78 is 4.76. The third-order valence-electron chi connectivity index (χ3n) is 3.80. The number of methoxy groups -OCH3 is 1. The van der Waals surface area contributed by atoms with Crippen LogP contribution in [0.2, 0.25) is 0 Å². The Bertz CT molecular complexity index is 599. The lowest BCUT2D eigenvalue weighted by Gasteiger charge is -2.13. The number of anilines is 1. The van der Waals surface area contributed by atoms with Crippen LogP contribution in [-0.2, 0) is 14.3 Å². The van der Waals surface area contributed by atoms with Crippen LogP contribution in [0.25, 0.3) is 0 Å². The number of benzene rings is 1. The van der Waals surface area contributed by atoms with Gasteiger partial charge >= 0.3 is 5.97 Å². The first-order valence-electron chi connectivity index (χ1n) is 7.36. The molecule has 0 radical (unpaired) electrons. The summed E-state index contributed by atoms with van der Waals surface area (Å²) >= 11 is 0. The fraction of sp³-hybridized carbons (Fsp3) is 0.438. The van der Waals surface area contributed by atoms with Crippen molar-refractivity contribution >= 4 is 23.5 Å². The number of hydrogen-bond acceptors (Lipinski definition) is 4. The van der Waals surface area contributed by atoms with Gasteiger partial charge in [-0.2, -0.15) is 0 Å². The third-order valence-corrected chi connectivity index (χ3v) is 3.80. The predicted octanol–water partition coefficient (Wildman–Crippen LogP) is 1.11. The minimum atomic E-state index is -1.16. The molecule has 0 heterocycles. The van der Waals surface area contributed by atoms with E-state index in [0.717, 1.165) is 6.42 Å². The summed E-state index contributed by atoms with van der Waals surface area (Å²) in [7, 11) is 1.36. The van der Waals surface area contributed by atoms with Gasteiger partial charge in [-0.25, -0.2) is 4.79 Å². The van der Waals surface area contributed by atoms with Crippen molar-refractivity contribution in [3.63, 3.8) is 0 Å². The molecule has 1 aliphatic rings. The molecule has 3 unspecified atom stereocenters. The largest absolute Gasteiger partial charge is 0.480 e. The molecule has 3 N–H and O–H groups in total. The molecule has 124 valence electrons. The Kier molecular flexibility index (Phi) is 5.33. The number of rotatable bonds is 7. The number of aliphatic carboxylic acids is 1. The molecule has 1 saturated carbocycles. The van der Waals surface area contributed by atoms with Crippen molar-refractivity contribution in [1.29, 1.82) is 0 Å². The Labute approximate surface area is 134 Å². The van der Waals surface area contributed by atoms with Gasteiger partial charge in [0, 0.05) is 24.3 Å². The van der Waals surface area contributed by atoms with Crippen LogP contribution in [0.4, 0.5) is 5.69 Å². The van der Waals surface area contributed by atoms with E-state index < -0.39 is 17.9 Å². The molecule has 0 bridgehead atoms. The van der Waals surface area contributed by atoms with Gasteiger partial charge in [0.1, 0.15) is 0 Å². The Hall–Kier alpha value is -2.41. The molecule has 0 aromatic heterocycles. The fourth-order valence-corrected chi connectivity index (χ4v) is 2.21. The Morgan fingerprint density at radius 3 is 2.39 bits per heavy atom. The van der Waals surface area contributed by atoms with Gasteiger partial charge in [-0.15, -0.1) is 0 Å². The fourth-order valence-electron chi connectivity index (χ4n) is 2.21. The summed E-state index contributed by atoms with van der Waals surface area (Å²) in [6.07, 6.45) is 0.905. The minimum Gasteiger partial charge on any atom is -0.480 e. The average Bonchev–Trinajstić information content (AvgIpc) is 3.24. The number of amides is 2. The Morgan fingerprint density at radius 1 is 1.30 bits per heavy atom. The molecular formula is C16H20N2O5. The zero-order valence-electron chi connectivity index (χ0n) is 13.0. The van der Waals surface area contributed by atoms with Gasteiger partial charge < -0.3 is 20.5 Å². The van der Waals surface area contributed by atoms with Gasteiger partial charge in [0.05, 0.1) is 6.61 Å². The molecule has 1 aromatic rings. The van der Waals surface area contributed by atoms with Crippen LogP contribution in [0.5, 0.6) is 0 Å². The van der Waals surface area contributed by atoms with Gasteiger partial charge in [0.15, 0.2) is 6.04 Å². The topological polar surface area (TPSA) is 105 Å². The van der Waals surface area contributed by atoms with E-state index >= 15 is 0 Å². The first-order valence-corrected chi connectivity index (χ1v) is 7.36. The second-order valence-corrected chi connectivity index (χ2v) is 5.71. The number of carbonyl (C=O) groups excluding carboxylic acids is 2. The van der Waals surface area contributed by atoms with E-state index in [1.165, 1.54) is 19.2 Å². The summed E-state index contributed by atoms with van der Waals surface area (Å²) in [5.74, 6) is -1.19. The summed E-state index contributed by atoms with van der Waals surface area (Å²) in [5, 5.41) is 14.2. The number of ether oxygens (including phenoxy) is 1. The van der Waals surface area contributed by atoms with Crippen molar-refractivity contribution in [3.05, 3.63) is 29.8 Å². The van der Waals surface area contributed by atoms with E-state index in [1.54, 1.807) is 12.1 Å². The zero-order valence-corrected chi connectivity index (χ0v) is 13.0. The van der Waals surface area contributed by atoms with Crippen LogP contribution >= 0.6 is 0 Å². The maximum atomic E-state index is 12.0. The van der Waals surface area contributed by atoms with Crippen LogP contribution in [0.3, 0.4) is 0 Å². The van der Waals surface area contributed by atoms with Gasteiger partial charge in [-0.1, -0.05) is 6.92 Å². The number of carboxylic acids is 1. The molecular weight excluding hydrogens is 300 g/mol. The number of hydrogen-bond donors (Lipinski definition) is 3. The van der Waals surface area contributed by atoms with Crippen LogP contribution in [0, 0.1) is 11.8 Å². The first kappa shape index (κ1) is 17.0. The highest BCUT2D eigenvalue weighted by molar-refractivity contribution is 5.98. The molecule has 1 aromatic carbocycles. The van der Waals surface area contributed by atoms with E-state index in [-0.39, 0.29) is 18.4 Å². The number of carbonyl (C=O) groups is 3. The maximum Gasteiger partial charge on any atom is 0.328 e. The lowest BCUT2D eigenvalue weighted by molar-refractivity contribution is -0.140. The highest BCUT2D eigenvalue weighted by Gasteiger charge is 2.39. The third kappa shape index (κ3) is 4.53. The molecule has 1 fully saturated rings. The van der Waals surface area contributed by atoms with Crippen LogP contribution in [0.1, 0.15) is 23.7 Å². The molecule has 0 aliphatic heterocycles. The maximum absolute atomic E-state index is 12.0. The molecule has 0 saturated heterocycles. The van der Waals surface area contributed by atoms with Crippen LogP contribution in [-0.4, -0.2) is 42.6 Å². The van der Waals surface area contributed by atoms with Crippen LogP contribution in [0.15, 0.2) is 24.3 Å². The highest BCUT2D eigenvalue weighted by atomic mass is 16.5. The normalized spacial score (nSPS) is 20.4. The first-order chi connectivity index (χ1) is 10.9. The van der Waals surface area contributed by atoms with Crippen molar-refractivity contribution in [2.24, 2.45) is 11.8 Å². The zero-order chi connectivity index (χ0) is 17.0. The monoisotopic (exact) mass is 320 g/mol. The summed E-state index contributed by atoms with van der Waals surface area (Å²) in [5.41, 5.74) is 0.919. The second kappa shape index (κ2) is 7.23. The van der Waals surface area contributed by atoms with Crippen molar-refractivity contribution < 1.29 is 24.2 Å². The van der Waals surface area contributed by atoms with Crippen molar-refractivity contribution in [3.8, 4) is 0 Å². The second-order valence-electron chi connectivity index (χ2n) is 5.71. The summed E-state index contributed by atoms with van der Waals surface area (Å²) in [6.45, 7) is 1.91. The standard InChI is InChI=1S/C16H20N2O5/c1-9-7-12(9)15(20)17-11-5-3-10(4-6-11)14(19)18-13(8-23-2)16(21)22/h3-6,9,12-13H,7-8H2,1-2H3,(H,17,20)(H,18,19)(H,21,22). The van der Waals surface area contributed by atoms with Gasteiger partial charge in [0.2, 0.25) is 5.91 Å². The van der Waals surface area contributed by atoms with Crippen LogP contribution < -0.4 is 10.6 Å². The molecule has 7 heteroatoms. The van der Waals surface area contributed by atoms with Gasteiger partial charge in [-0.3, -0.25) is 9.59 Å². The van der Waals surface area contributed by atoms with E-state index in [1.807, 2.05) is 6.92 Å². The Morgan fingerprint density at radius 2 is 1.91 bits per heavy atom. The lowest BCUT2D eigenvalue weighted by atomic mass is 10.1. The number of nitrogens with one attached hydrogen (secondary N) is 2. The lowest BCUT2D eigenvalue weighted by Crippen LogP contribution is -2.43. The quantitative estimate of drug-likeness (QED) is 0.698. The average molecular weight is 320 g/mol. The van der Waals surface area contributed by atoms with Gasteiger partial charge in [0.25, 0.3) is 5.91 Å². The molecule has 3 atom stereocenters. The van der Waals surface area contributed by atoms with Gasteiger partial charge in [-0.05, 0) is 36.6 Å². The van der Waals surface area contributed by atoms with E-state index in [0.29, 0.717) is 17.2 Å². The SMILES string of the molecule is COCC(NC(=O)c1ccc(NC(=O)C2CC2C)cc1)C(=O)O. The molecule has 2 rings (SSSR count). The summed E-state index contributed by atoms with van der Waals surface area (Å²) in [6, 6.07) is 5.20. The summed E-state index contributed by atoms with van der Waals surface area (Å²) in [4.78, 5) is 34.8. The molecule has 0 spiro atoms. The highest BCUT2D eigenvalue weighted by Crippen LogP contribution is 2.38. The van der Waals surface area contributed by atoms with E-state index in [2.05, 4.69) is 10.6 Å². The molecule has 2 amide bonds. The molecule has 23 heavy (non-hydrogen) atoms. The van der Waals surface area contributed by atoms with E-state index in [4.69, 9.17) is 9.84 Å². The predicted molar refractivity (Wildman–Crippen MR) is 83.1 cm³/mol. The number of carboxylic acid groups (broad SMARTS) is 1. The van der Waals surface area contributed by atoms with Crippen molar-refractivity contribution in [1.82, 2.24) is 5.32 Å². The molecule has 7 nitrogen and oxygen atoms in total. The minimum absolute atomic E-state index is 0.0132. The Balaban J connectivity index is 1.94.